The quantitative estimate of drug-likeness (QED) is 0.556. The van der Waals surface area contributed by atoms with Crippen molar-refractivity contribution in [3.8, 4) is 17.0 Å². The lowest BCUT2D eigenvalue weighted by atomic mass is 10.1. The first-order chi connectivity index (χ1) is 15.1. The molecule has 1 aliphatic rings. The molecular formula is C24H20N4O3. The zero-order valence-electron chi connectivity index (χ0n) is 16.9. The molecule has 3 heterocycles. The number of imidazole rings is 1. The summed E-state index contributed by atoms with van der Waals surface area (Å²) in [5, 5.41) is 2.99. The fraction of sp³-hybridized carbons (Fsp3) is 0.125. The van der Waals surface area contributed by atoms with Gasteiger partial charge in [0.1, 0.15) is 22.9 Å². The molecule has 1 unspecified atom stereocenters. The van der Waals surface area contributed by atoms with Gasteiger partial charge in [0, 0.05) is 18.7 Å². The highest BCUT2D eigenvalue weighted by Crippen LogP contribution is 2.34. The van der Waals surface area contributed by atoms with Gasteiger partial charge in [0.2, 0.25) is 5.91 Å². The zero-order valence-corrected chi connectivity index (χ0v) is 16.9. The largest absolute Gasteiger partial charge is 0.476 e. The van der Waals surface area contributed by atoms with Gasteiger partial charge in [-0.05, 0) is 24.3 Å². The monoisotopic (exact) mass is 412 g/mol. The first-order valence-electron chi connectivity index (χ1n) is 9.99. The van der Waals surface area contributed by atoms with E-state index in [4.69, 9.17) is 9.72 Å². The lowest BCUT2D eigenvalue weighted by molar-refractivity contribution is -0.123. The van der Waals surface area contributed by atoms with Gasteiger partial charge in [0.25, 0.3) is 5.91 Å². The summed E-state index contributed by atoms with van der Waals surface area (Å²) in [6.45, 7) is 1.62. The Kier molecular flexibility index (Phi) is 4.63. The van der Waals surface area contributed by atoms with Crippen LogP contribution in [0.15, 0.2) is 79.0 Å². The number of nitrogens with zero attached hydrogens (tertiary/aromatic N) is 3. The van der Waals surface area contributed by atoms with Crippen molar-refractivity contribution >= 4 is 29.0 Å². The van der Waals surface area contributed by atoms with Crippen LogP contribution in [0.3, 0.4) is 0 Å². The number of anilines is 2. The summed E-state index contributed by atoms with van der Waals surface area (Å²) in [5.41, 5.74) is 2.94. The van der Waals surface area contributed by atoms with E-state index >= 15 is 0 Å². The molecule has 2 amide bonds. The molecule has 7 heteroatoms. The van der Waals surface area contributed by atoms with E-state index in [9.17, 15) is 9.59 Å². The number of amides is 2. The highest BCUT2D eigenvalue weighted by molar-refractivity contribution is 6.01. The Morgan fingerprint density at radius 2 is 1.74 bits per heavy atom. The van der Waals surface area contributed by atoms with Gasteiger partial charge in [-0.25, -0.2) is 4.98 Å². The standard InChI is InChI=1S/C24H20N4O3/c1-16(29)28-15-20(31-19-12-6-5-11-18(19)28)24(30)26-23-22(17-9-3-2-4-10-17)25-21-13-7-8-14-27(21)23/h2-14,20H,15H2,1H3,(H,26,30). The Balaban J connectivity index is 1.51. The lowest BCUT2D eigenvalue weighted by Crippen LogP contribution is -2.48. The van der Waals surface area contributed by atoms with E-state index in [2.05, 4.69) is 5.32 Å². The molecule has 2 aromatic heterocycles. The van der Waals surface area contributed by atoms with Crippen LogP contribution in [-0.2, 0) is 9.59 Å². The highest BCUT2D eigenvalue weighted by atomic mass is 16.5. The van der Waals surface area contributed by atoms with Gasteiger partial charge in [-0.3, -0.25) is 14.0 Å². The second-order valence-corrected chi connectivity index (χ2v) is 7.30. The number of nitrogens with one attached hydrogen (secondary N) is 1. The number of rotatable bonds is 3. The van der Waals surface area contributed by atoms with Crippen molar-refractivity contribution in [3.05, 3.63) is 79.0 Å². The molecule has 0 saturated carbocycles. The molecule has 0 saturated heterocycles. The predicted molar refractivity (Wildman–Crippen MR) is 118 cm³/mol. The topological polar surface area (TPSA) is 75.9 Å². The number of benzene rings is 2. The van der Waals surface area contributed by atoms with E-state index < -0.39 is 6.10 Å². The number of pyridine rings is 1. The fourth-order valence-electron chi connectivity index (χ4n) is 3.78. The van der Waals surface area contributed by atoms with Crippen molar-refractivity contribution in [3.63, 3.8) is 0 Å². The highest BCUT2D eigenvalue weighted by Gasteiger charge is 2.33. The molecule has 0 aliphatic carbocycles. The van der Waals surface area contributed by atoms with Crippen LogP contribution in [0.4, 0.5) is 11.5 Å². The van der Waals surface area contributed by atoms with Crippen LogP contribution in [0.2, 0.25) is 0 Å². The van der Waals surface area contributed by atoms with Gasteiger partial charge in [-0.15, -0.1) is 0 Å². The third kappa shape index (κ3) is 3.40. The fourth-order valence-corrected chi connectivity index (χ4v) is 3.78. The number of carbonyl (C=O) groups excluding carboxylic acids is 2. The molecule has 1 aliphatic heterocycles. The first kappa shape index (κ1) is 18.9. The summed E-state index contributed by atoms with van der Waals surface area (Å²) < 4.78 is 7.78. The van der Waals surface area contributed by atoms with Crippen LogP contribution >= 0.6 is 0 Å². The van der Waals surface area contributed by atoms with Crippen molar-refractivity contribution in [2.45, 2.75) is 13.0 Å². The third-order valence-corrected chi connectivity index (χ3v) is 5.26. The molecule has 0 spiro atoms. The van der Waals surface area contributed by atoms with E-state index in [0.717, 1.165) is 11.2 Å². The minimum Gasteiger partial charge on any atom is -0.476 e. The van der Waals surface area contributed by atoms with Gasteiger partial charge in [-0.1, -0.05) is 48.5 Å². The molecular weight excluding hydrogens is 392 g/mol. The molecule has 1 N–H and O–H groups in total. The van der Waals surface area contributed by atoms with Crippen LogP contribution in [0.1, 0.15) is 6.92 Å². The maximum atomic E-state index is 13.3. The third-order valence-electron chi connectivity index (χ3n) is 5.26. The van der Waals surface area contributed by atoms with Gasteiger partial charge >= 0.3 is 0 Å². The summed E-state index contributed by atoms with van der Waals surface area (Å²) in [6, 6.07) is 22.6. The number of fused-ring (bicyclic) bond motifs is 2. The minimum atomic E-state index is -0.850. The predicted octanol–water partition coefficient (Wildman–Crippen LogP) is 3.75. The van der Waals surface area contributed by atoms with E-state index in [1.54, 1.807) is 11.0 Å². The van der Waals surface area contributed by atoms with E-state index in [0.29, 0.717) is 22.9 Å². The van der Waals surface area contributed by atoms with E-state index in [-0.39, 0.29) is 18.4 Å². The Hall–Kier alpha value is -4.13. The van der Waals surface area contributed by atoms with Gasteiger partial charge in [-0.2, -0.15) is 0 Å². The number of aromatic nitrogens is 2. The van der Waals surface area contributed by atoms with Crippen LogP contribution < -0.4 is 15.0 Å². The number of hydrogen-bond donors (Lipinski definition) is 1. The van der Waals surface area contributed by atoms with Crippen molar-refractivity contribution in [2.75, 3.05) is 16.8 Å². The summed E-state index contributed by atoms with van der Waals surface area (Å²) >= 11 is 0. The molecule has 31 heavy (non-hydrogen) atoms. The van der Waals surface area contributed by atoms with Crippen molar-refractivity contribution in [1.29, 1.82) is 0 Å². The summed E-state index contributed by atoms with van der Waals surface area (Å²) in [5.74, 6) is 0.575. The van der Waals surface area contributed by atoms with Crippen molar-refractivity contribution < 1.29 is 14.3 Å². The van der Waals surface area contributed by atoms with Crippen molar-refractivity contribution in [1.82, 2.24) is 9.38 Å². The Labute approximate surface area is 178 Å². The smallest absolute Gasteiger partial charge is 0.268 e. The molecule has 154 valence electrons. The maximum absolute atomic E-state index is 13.3. The molecule has 2 aromatic carbocycles. The maximum Gasteiger partial charge on any atom is 0.268 e. The number of carbonyl (C=O) groups is 2. The first-order valence-corrected chi connectivity index (χ1v) is 9.99. The molecule has 1 atom stereocenters. The van der Waals surface area contributed by atoms with Crippen molar-refractivity contribution in [2.24, 2.45) is 0 Å². The van der Waals surface area contributed by atoms with Crippen LogP contribution in [0, 0.1) is 0 Å². The summed E-state index contributed by atoms with van der Waals surface area (Å²) in [4.78, 5) is 31.7. The summed E-state index contributed by atoms with van der Waals surface area (Å²) in [6.07, 6.45) is 1.00. The lowest BCUT2D eigenvalue weighted by Gasteiger charge is -2.33. The van der Waals surface area contributed by atoms with Gasteiger partial charge in [0.05, 0.1) is 12.2 Å². The molecule has 0 radical (unpaired) electrons. The Morgan fingerprint density at radius 1 is 1.00 bits per heavy atom. The van der Waals surface area contributed by atoms with E-state index in [1.807, 2.05) is 77.3 Å². The molecule has 4 aromatic rings. The average Bonchev–Trinajstić information content (AvgIpc) is 3.17. The summed E-state index contributed by atoms with van der Waals surface area (Å²) in [7, 11) is 0. The Morgan fingerprint density at radius 3 is 2.55 bits per heavy atom. The number of para-hydroxylation sites is 2. The SMILES string of the molecule is CC(=O)N1CC(C(=O)Nc2c(-c3ccccc3)nc3ccccn23)Oc2ccccc21. The minimum absolute atomic E-state index is 0.135. The number of ether oxygens (including phenoxy) is 1. The van der Waals surface area contributed by atoms with Gasteiger partial charge < -0.3 is 15.0 Å². The number of hydrogen-bond acceptors (Lipinski definition) is 4. The Bertz CT molecular complexity index is 1280. The molecule has 7 nitrogen and oxygen atoms in total. The molecule has 0 bridgehead atoms. The van der Waals surface area contributed by atoms with E-state index in [1.165, 1.54) is 6.92 Å². The average molecular weight is 412 g/mol. The van der Waals surface area contributed by atoms with Crippen LogP contribution in [-0.4, -0.2) is 33.8 Å². The second-order valence-electron chi connectivity index (χ2n) is 7.30. The normalized spacial score (nSPS) is 15.3. The van der Waals surface area contributed by atoms with Crippen LogP contribution in [0.25, 0.3) is 16.9 Å². The zero-order chi connectivity index (χ0) is 21.4. The molecule has 0 fully saturated rings. The second kappa shape index (κ2) is 7.60. The van der Waals surface area contributed by atoms with Crippen LogP contribution in [0.5, 0.6) is 5.75 Å². The van der Waals surface area contributed by atoms with Gasteiger partial charge in [0.15, 0.2) is 6.10 Å². The molecule has 5 rings (SSSR count).